The summed E-state index contributed by atoms with van der Waals surface area (Å²) in [6.07, 6.45) is 4.06. The summed E-state index contributed by atoms with van der Waals surface area (Å²) in [5.74, 6) is 1.33. The van der Waals surface area contributed by atoms with E-state index in [0.29, 0.717) is 5.92 Å². The summed E-state index contributed by atoms with van der Waals surface area (Å²) < 4.78 is 5.83. The van der Waals surface area contributed by atoms with Gasteiger partial charge in [-0.05, 0) is 30.8 Å². The summed E-state index contributed by atoms with van der Waals surface area (Å²) in [7, 11) is 0. The van der Waals surface area contributed by atoms with Crippen LogP contribution < -0.4 is 10.1 Å². The fourth-order valence-corrected chi connectivity index (χ4v) is 2.87. The van der Waals surface area contributed by atoms with Crippen LogP contribution in [0.15, 0.2) is 17.8 Å². The molecule has 3 heterocycles. The molecule has 1 aliphatic rings. The van der Waals surface area contributed by atoms with Gasteiger partial charge in [-0.15, -0.1) is 11.3 Å². The fraction of sp³-hybridized carbons (Fsp3) is 0.500. The molecule has 0 amide bonds. The number of nitrogens with zero attached hydrogens (tertiary/aromatic N) is 2. The smallest absolute Gasteiger partial charge is 0.225 e. The molecule has 0 spiro atoms. The molecule has 1 atom stereocenters. The third-order valence-electron chi connectivity index (χ3n) is 3.08. The SMILES string of the molecule is c1nc(OCC2CCCNC2)c2ccsc2n1. The number of aromatic nitrogens is 2. The van der Waals surface area contributed by atoms with Crippen molar-refractivity contribution in [3.05, 3.63) is 17.8 Å². The number of thiophene rings is 1. The molecule has 4 nitrogen and oxygen atoms in total. The van der Waals surface area contributed by atoms with E-state index in [1.165, 1.54) is 12.8 Å². The average Bonchev–Trinajstić information content (AvgIpc) is 2.86. The van der Waals surface area contributed by atoms with Crippen molar-refractivity contribution in [3.8, 4) is 5.88 Å². The van der Waals surface area contributed by atoms with Crippen molar-refractivity contribution in [1.29, 1.82) is 0 Å². The predicted molar refractivity (Wildman–Crippen MR) is 68.5 cm³/mol. The number of ether oxygens (including phenoxy) is 1. The fourth-order valence-electron chi connectivity index (χ4n) is 2.15. The average molecular weight is 249 g/mol. The van der Waals surface area contributed by atoms with E-state index in [4.69, 9.17) is 4.74 Å². The highest BCUT2D eigenvalue weighted by molar-refractivity contribution is 7.16. The molecule has 2 aromatic heterocycles. The van der Waals surface area contributed by atoms with Crippen molar-refractivity contribution in [1.82, 2.24) is 15.3 Å². The quantitative estimate of drug-likeness (QED) is 0.904. The molecule has 2 aromatic rings. The highest BCUT2D eigenvalue weighted by Crippen LogP contribution is 2.26. The molecule has 17 heavy (non-hydrogen) atoms. The molecule has 0 radical (unpaired) electrons. The number of hydrogen-bond donors (Lipinski definition) is 1. The largest absolute Gasteiger partial charge is 0.477 e. The van der Waals surface area contributed by atoms with E-state index in [1.807, 2.05) is 11.4 Å². The van der Waals surface area contributed by atoms with Crippen molar-refractivity contribution in [2.45, 2.75) is 12.8 Å². The molecule has 1 aliphatic heterocycles. The van der Waals surface area contributed by atoms with E-state index in [-0.39, 0.29) is 0 Å². The summed E-state index contributed by atoms with van der Waals surface area (Å²) in [6, 6.07) is 2.02. The van der Waals surface area contributed by atoms with Crippen LogP contribution >= 0.6 is 11.3 Å². The van der Waals surface area contributed by atoms with Gasteiger partial charge in [0.05, 0.1) is 12.0 Å². The van der Waals surface area contributed by atoms with Crippen molar-refractivity contribution < 1.29 is 4.74 Å². The van der Waals surface area contributed by atoms with Crippen molar-refractivity contribution in [2.75, 3.05) is 19.7 Å². The number of hydrogen-bond acceptors (Lipinski definition) is 5. The lowest BCUT2D eigenvalue weighted by molar-refractivity contribution is 0.214. The Kier molecular flexibility index (Phi) is 3.20. The van der Waals surface area contributed by atoms with Gasteiger partial charge < -0.3 is 10.1 Å². The maximum atomic E-state index is 5.83. The Morgan fingerprint density at radius 1 is 1.47 bits per heavy atom. The molecule has 1 unspecified atom stereocenters. The van der Waals surface area contributed by atoms with Gasteiger partial charge in [-0.2, -0.15) is 0 Å². The Bertz CT molecular complexity index is 493. The van der Waals surface area contributed by atoms with Crippen LogP contribution in [0.2, 0.25) is 0 Å². The third-order valence-corrected chi connectivity index (χ3v) is 3.90. The maximum absolute atomic E-state index is 5.83. The molecule has 0 aliphatic carbocycles. The molecular formula is C12H15N3OS. The van der Waals surface area contributed by atoms with E-state index in [9.17, 15) is 0 Å². The molecule has 3 rings (SSSR count). The molecule has 0 saturated carbocycles. The van der Waals surface area contributed by atoms with Crippen LogP contribution in [0, 0.1) is 5.92 Å². The maximum Gasteiger partial charge on any atom is 0.225 e. The summed E-state index contributed by atoms with van der Waals surface area (Å²) in [4.78, 5) is 9.43. The van der Waals surface area contributed by atoms with Crippen molar-refractivity contribution >= 4 is 21.6 Å². The molecular weight excluding hydrogens is 234 g/mol. The Labute approximate surface area is 104 Å². The van der Waals surface area contributed by atoms with Crippen LogP contribution in [0.3, 0.4) is 0 Å². The van der Waals surface area contributed by atoms with E-state index >= 15 is 0 Å². The second-order valence-corrected chi connectivity index (χ2v) is 5.24. The first-order valence-electron chi connectivity index (χ1n) is 5.95. The molecule has 90 valence electrons. The Morgan fingerprint density at radius 3 is 3.35 bits per heavy atom. The monoisotopic (exact) mass is 249 g/mol. The highest BCUT2D eigenvalue weighted by Gasteiger charge is 2.14. The van der Waals surface area contributed by atoms with Gasteiger partial charge in [-0.25, -0.2) is 9.97 Å². The minimum absolute atomic E-state index is 0.604. The minimum atomic E-state index is 0.604. The zero-order valence-corrected chi connectivity index (χ0v) is 10.4. The van der Waals surface area contributed by atoms with Crippen LogP contribution in [0.5, 0.6) is 5.88 Å². The van der Waals surface area contributed by atoms with Crippen LogP contribution in [0.25, 0.3) is 10.2 Å². The second-order valence-electron chi connectivity index (χ2n) is 4.34. The number of rotatable bonds is 3. The van der Waals surface area contributed by atoms with Crippen molar-refractivity contribution in [2.24, 2.45) is 5.92 Å². The van der Waals surface area contributed by atoms with E-state index in [0.717, 1.165) is 35.8 Å². The summed E-state index contributed by atoms with van der Waals surface area (Å²) in [6.45, 7) is 2.94. The molecule has 1 N–H and O–H groups in total. The normalized spacial score (nSPS) is 20.6. The number of fused-ring (bicyclic) bond motifs is 1. The first kappa shape index (κ1) is 10.9. The van der Waals surface area contributed by atoms with Gasteiger partial charge in [0, 0.05) is 12.5 Å². The van der Waals surface area contributed by atoms with Crippen LogP contribution in [0.4, 0.5) is 0 Å². The Morgan fingerprint density at radius 2 is 2.47 bits per heavy atom. The van der Waals surface area contributed by atoms with Gasteiger partial charge in [0.2, 0.25) is 5.88 Å². The zero-order chi connectivity index (χ0) is 11.5. The topological polar surface area (TPSA) is 47.0 Å². The van der Waals surface area contributed by atoms with Gasteiger partial charge in [0.15, 0.2) is 0 Å². The lowest BCUT2D eigenvalue weighted by Crippen LogP contribution is -2.33. The van der Waals surface area contributed by atoms with E-state index in [2.05, 4.69) is 15.3 Å². The lowest BCUT2D eigenvalue weighted by Gasteiger charge is -2.22. The first-order chi connectivity index (χ1) is 8.43. The van der Waals surface area contributed by atoms with Gasteiger partial charge in [-0.1, -0.05) is 0 Å². The summed E-state index contributed by atoms with van der Waals surface area (Å²) >= 11 is 1.62. The minimum Gasteiger partial charge on any atom is -0.477 e. The summed E-state index contributed by atoms with van der Waals surface area (Å²) in [5.41, 5.74) is 0. The molecule has 1 fully saturated rings. The van der Waals surface area contributed by atoms with Crippen LogP contribution in [-0.2, 0) is 0 Å². The van der Waals surface area contributed by atoms with Gasteiger partial charge in [0.25, 0.3) is 0 Å². The second kappa shape index (κ2) is 4.98. The van der Waals surface area contributed by atoms with Crippen LogP contribution in [0.1, 0.15) is 12.8 Å². The first-order valence-corrected chi connectivity index (χ1v) is 6.83. The molecule has 0 aromatic carbocycles. The Hall–Kier alpha value is -1.20. The lowest BCUT2D eigenvalue weighted by atomic mass is 10.0. The number of piperidine rings is 1. The van der Waals surface area contributed by atoms with E-state index in [1.54, 1.807) is 17.7 Å². The predicted octanol–water partition coefficient (Wildman–Crippen LogP) is 2.07. The Balaban J connectivity index is 1.69. The number of nitrogens with one attached hydrogen (secondary N) is 1. The zero-order valence-electron chi connectivity index (χ0n) is 9.56. The standard InChI is InChI=1S/C12H15N3OS/c1-2-9(6-13-4-1)7-16-11-10-3-5-17-12(10)15-8-14-11/h3,5,8-9,13H,1-2,4,6-7H2. The summed E-state index contributed by atoms with van der Waals surface area (Å²) in [5, 5.41) is 6.44. The molecule has 5 heteroatoms. The molecule has 0 bridgehead atoms. The molecule has 1 saturated heterocycles. The van der Waals surface area contributed by atoms with Crippen molar-refractivity contribution in [3.63, 3.8) is 0 Å². The van der Waals surface area contributed by atoms with Crippen LogP contribution in [-0.4, -0.2) is 29.7 Å². The van der Waals surface area contributed by atoms with Gasteiger partial charge in [0.1, 0.15) is 11.2 Å². The third kappa shape index (κ3) is 2.40. The highest BCUT2D eigenvalue weighted by atomic mass is 32.1. The van der Waals surface area contributed by atoms with Gasteiger partial charge >= 0.3 is 0 Å². The van der Waals surface area contributed by atoms with E-state index < -0.39 is 0 Å². The van der Waals surface area contributed by atoms with Gasteiger partial charge in [-0.3, -0.25) is 0 Å².